The number of benzene rings is 1. The number of hydrogen-bond donors (Lipinski definition) is 1. The minimum atomic E-state index is -1.04. The van der Waals surface area contributed by atoms with Gasteiger partial charge in [-0.05, 0) is 31.2 Å². The lowest BCUT2D eigenvalue weighted by Crippen LogP contribution is -1.97. The number of nitro groups is 1. The smallest absolute Gasteiger partial charge is 0.335 e. The number of carboxylic acids is 1. The van der Waals surface area contributed by atoms with Crippen molar-refractivity contribution >= 4 is 17.3 Å². The lowest BCUT2D eigenvalue weighted by atomic mass is 10.1. The summed E-state index contributed by atoms with van der Waals surface area (Å²) in [7, 11) is 0. The molecule has 8 heteroatoms. The summed E-state index contributed by atoms with van der Waals surface area (Å²) in [5.74, 6) is -0.845. The maximum atomic E-state index is 11.2. The quantitative estimate of drug-likeness (QED) is 0.570. The predicted octanol–water partition coefficient (Wildman–Crippen LogP) is 3.01. The van der Waals surface area contributed by atoms with Crippen molar-refractivity contribution in [3.63, 3.8) is 0 Å². The Morgan fingerprint density at radius 2 is 2.17 bits per heavy atom. The van der Waals surface area contributed by atoms with Crippen LogP contribution in [0, 0.1) is 10.1 Å². The van der Waals surface area contributed by atoms with Crippen LogP contribution in [0.1, 0.15) is 17.3 Å². The maximum absolute atomic E-state index is 11.2. The summed E-state index contributed by atoms with van der Waals surface area (Å²) in [5.41, 5.74) is 1.48. The van der Waals surface area contributed by atoms with Gasteiger partial charge in [-0.15, -0.1) is 0 Å². The van der Waals surface area contributed by atoms with E-state index in [1.807, 2.05) is 0 Å². The molecule has 1 N–H and O–H groups in total. The van der Waals surface area contributed by atoms with Crippen LogP contribution in [0.4, 0.5) is 5.69 Å². The fourth-order valence-corrected chi connectivity index (χ4v) is 2.35. The van der Waals surface area contributed by atoms with E-state index >= 15 is 0 Å². The molecule has 0 spiro atoms. The SMILES string of the molecule is CCOc1ccc(-c2cn3ccc(C(=O)O)cc3n2)cc1[N+](=O)[O-]. The second-order valence-corrected chi connectivity index (χ2v) is 4.98. The molecule has 0 aliphatic heterocycles. The number of pyridine rings is 1. The van der Waals surface area contributed by atoms with E-state index in [2.05, 4.69) is 4.98 Å². The van der Waals surface area contributed by atoms with Gasteiger partial charge in [0, 0.05) is 24.0 Å². The molecule has 0 saturated carbocycles. The summed E-state index contributed by atoms with van der Waals surface area (Å²) >= 11 is 0. The number of rotatable bonds is 5. The standard InChI is InChI=1S/C16H13N3O5/c1-2-24-14-4-3-10(7-13(14)19(22)23)12-9-18-6-5-11(16(20)21)8-15(18)17-12/h3-9H,2H2,1H3,(H,20,21). The minimum absolute atomic E-state index is 0.123. The molecule has 0 atom stereocenters. The highest BCUT2D eigenvalue weighted by molar-refractivity contribution is 5.88. The summed E-state index contributed by atoms with van der Waals surface area (Å²) in [6.45, 7) is 2.08. The van der Waals surface area contributed by atoms with Crippen LogP contribution < -0.4 is 4.74 Å². The molecule has 3 rings (SSSR count). The third kappa shape index (κ3) is 2.76. The average Bonchev–Trinajstić information content (AvgIpc) is 2.98. The summed E-state index contributed by atoms with van der Waals surface area (Å²) in [4.78, 5) is 26.1. The van der Waals surface area contributed by atoms with Gasteiger partial charge in [0.2, 0.25) is 0 Å². The third-order valence-corrected chi connectivity index (χ3v) is 3.46. The fraction of sp³-hybridized carbons (Fsp3) is 0.125. The van der Waals surface area contributed by atoms with E-state index in [-0.39, 0.29) is 17.0 Å². The minimum Gasteiger partial charge on any atom is -0.487 e. The van der Waals surface area contributed by atoms with E-state index < -0.39 is 10.9 Å². The van der Waals surface area contributed by atoms with Crippen LogP contribution in [0.3, 0.4) is 0 Å². The molecule has 2 aromatic heterocycles. The number of ether oxygens (including phenoxy) is 1. The number of imidazole rings is 1. The van der Waals surface area contributed by atoms with Crippen LogP contribution in [0.25, 0.3) is 16.9 Å². The number of fused-ring (bicyclic) bond motifs is 1. The molecular weight excluding hydrogens is 314 g/mol. The third-order valence-electron chi connectivity index (χ3n) is 3.46. The van der Waals surface area contributed by atoms with Gasteiger partial charge in [-0.25, -0.2) is 9.78 Å². The normalized spacial score (nSPS) is 10.7. The van der Waals surface area contributed by atoms with E-state index in [0.717, 1.165) is 0 Å². The number of nitro benzene ring substituents is 1. The molecule has 0 unspecified atom stereocenters. The number of carbonyl (C=O) groups is 1. The molecule has 24 heavy (non-hydrogen) atoms. The Hall–Kier alpha value is -3.42. The zero-order valence-electron chi connectivity index (χ0n) is 12.7. The van der Waals surface area contributed by atoms with E-state index in [9.17, 15) is 14.9 Å². The highest BCUT2D eigenvalue weighted by Gasteiger charge is 2.17. The van der Waals surface area contributed by atoms with Crippen LogP contribution in [0.5, 0.6) is 5.75 Å². The first kappa shape index (κ1) is 15.5. The Bertz CT molecular complexity index is 948. The van der Waals surface area contributed by atoms with Gasteiger partial charge in [-0.1, -0.05) is 0 Å². The van der Waals surface area contributed by atoms with Gasteiger partial charge in [-0.3, -0.25) is 10.1 Å². The first-order valence-corrected chi connectivity index (χ1v) is 7.13. The molecule has 3 aromatic rings. The zero-order chi connectivity index (χ0) is 17.3. The summed E-state index contributed by atoms with van der Waals surface area (Å²) in [6.07, 6.45) is 3.26. The Labute approximate surface area is 136 Å². The molecule has 0 bridgehead atoms. The van der Waals surface area contributed by atoms with Crippen molar-refractivity contribution in [3.05, 3.63) is 58.4 Å². The lowest BCUT2D eigenvalue weighted by molar-refractivity contribution is -0.385. The van der Waals surface area contributed by atoms with E-state index in [1.54, 1.807) is 29.8 Å². The van der Waals surface area contributed by atoms with Crippen molar-refractivity contribution in [2.24, 2.45) is 0 Å². The monoisotopic (exact) mass is 327 g/mol. The average molecular weight is 327 g/mol. The first-order valence-electron chi connectivity index (χ1n) is 7.13. The largest absolute Gasteiger partial charge is 0.487 e. The van der Waals surface area contributed by atoms with Crippen molar-refractivity contribution in [1.29, 1.82) is 0 Å². The summed E-state index contributed by atoms with van der Waals surface area (Å²) in [5, 5.41) is 20.2. The van der Waals surface area contributed by atoms with Crippen molar-refractivity contribution in [1.82, 2.24) is 9.38 Å². The lowest BCUT2D eigenvalue weighted by Gasteiger charge is -2.05. The molecule has 0 aliphatic rings. The van der Waals surface area contributed by atoms with Gasteiger partial charge < -0.3 is 14.2 Å². The molecule has 0 fully saturated rings. The van der Waals surface area contributed by atoms with E-state index in [1.165, 1.54) is 24.3 Å². The van der Waals surface area contributed by atoms with Gasteiger partial charge in [0.1, 0.15) is 5.65 Å². The van der Waals surface area contributed by atoms with Crippen LogP contribution in [0.15, 0.2) is 42.7 Å². The number of aromatic carboxylic acids is 1. The van der Waals surface area contributed by atoms with Gasteiger partial charge in [0.25, 0.3) is 0 Å². The van der Waals surface area contributed by atoms with Gasteiger partial charge >= 0.3 is 11.7 Å². The number of hydrogen-bond acceptors (Lipinski definition) is 5. The maximum Gasteiger partial charge on any atom is 0.335 e. The van der Waals surface area contributed by atoms with Crippen molar-refractivity contribution < 1.29 is 19.6 Å². The van der Waals surface area contributed by atoms with Crippen LogP contribution in [0.2, 0.25) is 0 Å². The summed E-state index contributed by atoms with van der Waals surface area (Å²) in [6, 6.07) is 7.50. The second kappa shape index (κ2) is 5.99. The van der Waals surface area contributed by atoms with E-state index in [4.69, 9.17) is 9.84 Å². The van der Waals surface area contributed by atoms with Crippen molar-refractivity contribution in [2.45, 2.75) is 6.92 Å². The molecule has 0 saturated heterocycles. The Kier molecular flexibility index (Phi) is 3.87. The fourth-order valence-electron chi connectivity index (χ4n) is 2.35. The Morgan fingerprint density at radius 3 is 2.83 bits per heavy atom. The number of nitrogens with zero attached hydrogens (tertiary/aromatic N) is 3. The Morgan fingerprint density at radius 1 is 1.38 bits per heavy atom. The van der Waals surface area contributed by atoms with Crippen LogP contribution in [-0.2, 0) is 0 Å². The molecule has 0 amide bonds. The van der Waals surface area contributed by atoms with E-state index in [0.29, 0.717) is 23.5 Å². The number of carboxylic acid groups (broad SMARTS) is 1. The molecule has 2 heterocycles. The molecule has 122 valence electrons. The van der Waals surface area contributed by atoms with Crippen LogP contribution >= 0.6 is 0 Å². The zero-order valence-corrected chi connectivity index (χ0v) is 12.7. The number of aromatic nitrogens is 2. The van der Waals surface area contributed by atoms with Crippen molar-refractivity contribution in [3.8, 4) is 17.0 Å². The molecular formula is C16H13N3O5. The highest BCUT2D eigenvalue weighted by atomic mass is 16.6. The topological polar surface area (TPSA) is 107 Å². The van der Waals surface area contributed by atoms with Gasteiger partial charge in [-0.2, -0.15) is 0 Å². The van der Waals surface area contributed by atoms with Gasteiger partial charge in [0.15, 0.2) is 5.75 Å². The Balaban J connectivity index is 2.08. The molecule has 8 nitrogen and oxygen atoms in total. The first-order chi connectivity index (χ1) is 11.5. The molecule has 0 radical (unpaired) electrons. The molecule has 1 aromatic carbocycles. The van der Waals surface area contributed by atoms with Crippen molar-refractivity contribution in [2.75, 3.05) is 6.61 Å². The second-order valence-electron chi connectivity index (χ2n) is 4.98. The van der Waals surface area contributed by atoms with Gasteiger partial charge in [0.05, 0.1) is 22.8 Å². The highest BCUT2D eigenvalue weighted by Crippen LogP contribution is 2.32. The summed E-state index contributed by atoms with van der Waals surface area (Å²) < 4.78 is 6.91. The molecule has 0 aliphatic carbocycles. The predicted molar refractivity (Wildman–Crippen MR) is 85.4 cm³/mol. The van der Waals surface area contributed by atoms with Crippen LogP contribution in [-0.4, -0.2) is 32.0 Å².